The van der Waals surface area contributed by atoms with E-state index in [0.717, 1.165) is 12.1 Å². The molecule has 9 heteroatoms. The Morgan fingerprint density at radius 1 is 1.05 bits per heavy atom. The molecule has 0 spiro atoms. The molecular weight excluding hydrogens is 287 g/mol. The second kappa shape index (κ2) is 8.28. The van der Waals surface area contributed by atoms with Crippen LogP contribution >= 0.6 is 0 Å². The second-order valence-corrected chi connectivity index (χ2v) is 3.19. The molecule has 0 unspecified atom stereocenters. The first-order valence-electron chi connectivity index (χ1n) is 4.32. The number of rotatable bonds is 3. The summed E-state index contributed by atoms with van der Waals surface area (Å²) in [5.41, 5.74) is -1.68. The van der Waals surface area contributed by atoms with Crippen LogP contribution < -0.4 is 69.3 Å². The van der Waals surface area contributed by atoms with Crippen molar-refractivity contribution in [3.8, 4) is 0 Å². The minimum absolute atomic E-state index is 0. The van der Waals surface area contributed by atoms with E-state index in [1.165, 1.54) is 0 Å². The zero-order chi connectivity index (χ0) is 13.2. The van der Waals surface area contributed by atoms with Gasteiger partial charge in [-0.05, 0) is 11.6 Å². The summed E-state index contributed by atoms with van der Waals surface area (Å²) in [4.78, 5) is 21.0. The van der Waals surface area contributed by atoms with Crippen molar-refractivity contribution in [1.82, 2.24) is 0 Å². The summed E-state index contributed by atoms with van der Waals surface area (Å²) in [7, 11) is 0. The molecule has 0 amide bonds. The van der Waals surface area contributed by atoms with E-state index in [1.807, 2.05) is 0 Å². The molecule has 1 rings (SSSR count). The summed E-state index contributed by atoms with van der Waals surface area (Å²) >= 11 is 0. The van der Waals surface area contributed by atoms with Gasteiger partial charge in [-0.25, -0.2) is 0 Å². The van der Waals surface area contributed by atoms with Crippen molar-refractivity contribution in [3.63, 3.8) is 0 Å². The number of carbonyl (C=O) groups excluding carboxylic acids is 2. The Morgan fingerprint density at radius 3 is 1.89 bits per heavy atom. The van der Waals surface area contributed by atoms with Crippen LogP contribution in [0.2, 0.25) is 0 Å². The number of hydrogen-bond donors (Lipinski definition) is 0. The fraction of sp³-hybridized carbons (Fsp3) is 0.200. The number of hydrogen-bond acceptors (Lipinski definition) is 4. The summed E-state index contributed by atoms with van der Waals surface area (Å²) in [6, 6.07) is 3.00. The van der Waals surface area contributed by atoms with Crippen LogP contribution in [0.3, 0.4) is 0 Å². The topological polar surface area (TPSA) is 80.3 Å². The molecule has 0 bridgehead atoms. The molecule has 0 fully saturated rings. The molecule has 92 valence electrons. The number of halogens is 3. The Balaban J connectivity index is 0. The SMILES string of the molecule is O=C([O-])C(C(=O)[O-])c1cccc(C(F)(F)F)c1.[Na+].[Na+]. The van der Waals surface area contributed by atoms with Crippen molar-refractivity contribution in [2.45, 2.75) is 12.1 Å². The number of benzene rings is 1. The number of carbonyl (C=O) groups is 2. The Morgan fingerprint density at radius 2 is 1.53 bits per heavy atom. The maximum atomic E-state index is 12.3. The molecule has 0 aliphatic carbocycles. The predicted octanol–water partition coefficient (Wildman–Crippen LogP) is -6.70. The van der Waals surface area contributed by atoms with Crippen LogP contribution in [0, 0.1) is 0 Å². The number of carboxylic acid groups (broad SMARTS) is 2. The number of alkyl halides is 3. The predicted molar refractivity (Wildman–Crippen MR) is 44.2 cm³/mol. The smallest absolute Gasteiger partial charge is 0.549 e. The third-order valence-electron chi connectivity index (χ3n) is 2.02. The fourth-order valence-corrected chi connectivity index (χ4v) is 1.26. The zero-order valence-electron chi connectivity index (χ0n) is 10.2. The molecule has 0 aliphatic rings. The summed E-state index contributed by atoms with van der Waals surface area (Å²) < 4.78 is 36.9. The van der Waals surface area contributed by atoms with Crippen molar-refractivity contribution >= 4 is 11.9 Å². The van der Waals surface area contributed by atoms with Crippen LogP contribution in [-0.4, -0.2) is 11.9 Å². The van der Waals surface area contributed by atoms with Gasteiger partial charge in [-0.15, -0.1) is 0 Å². The molecule has 0 saturated carbocycles. The Labute approximate surface area is 150 Å². The third kappa shape index (κ3) is 5.85. The van der Waals surface area contributed by atoms with Gasteiger partial charge < -0.3 is 19.8 Å². The number of aliphatic carboxylic acids is 2. The number of carboxylic acids is 2. The molecule has 0 aromatic heterocycles. The van der Waals surface area contributed by atoms with Gasteiger partial charge in [0.1, 0.15) is 0 Å². The summed E-state index contributed by atoms with van der Waals surface area (Å²) in [5, 5.41) is 21.0. The van der Waals surface area contributed by atoms with E-state index in [4.69, 9.17) is 0 Å². The summed E-state index contributed by atoms with van der Waals surface area (Å²) in [6.07, 6.45) is -4.68. The average molecular weight is 292 g/mol. The van der Waals surface area contributed by atoms with Gasteiger partial charge in [0.05, 0.1) is 23.4 Å². The van der Waals surface area contributed by atoms with Crippen LogP contribution in [0.4, 0.5) is 13.2 Å². The molecule has 0 heterocycles. The van der Waals surface area contributed by atoms with Gasteiger partial charge >= 0.3 is 65.3 Å². The van der Waals surface area contributed by atoms with E-state index in [9.17, 15) is 33.0 Å². The molecule has 0 radical (unpaired) electrons. The van der Waals surface area contributed by atoms with Gasteiger partial charge in [0.15, 0.2) is 0 Å². The zero-order valence-corrected chi connectivity index (χ0v) is 14.2. The molecule has 1 aromatic carbocycles. The van der Waals surface area contributed by atoms with Gasteiger partial charge in [-0.2, -0.15) is 13.2 Å². The van der Waals surface area contributed by atoms with Gasteiger partial charge in [0.25, 0.3) is 0 Å². The van der Waals surface area contributed by atoms with Crippen molar-refractivity contribution in [1.29, 1.82) is 0 Å². The maximum Gasteiger partial charge on any atom is 1.00 e. The molecule has 4 nitrogen and oxygen atoms in total. The van der Waals surface area contributed by atoms with E-state index < -0.39 is 35.2 Å². The molecule has 0 aliphatic heterocycles. The van der Waals surface area contributed by atoms with Crippen LogP contribution in [0.25, 0.3) is 0 Å². The minimum Gasteiger partial charge on any atom is -0.549 e. The fourth-order valence-electron chi connectivity index (χ4n) is 1.26. The average Bonchev–Trinajstić information content (AvgIpc) is 2.15. The van der Waals surface area contributed by atoms with E-state index in [1.54, 1.807) is 0 Å². The largest absolute Gasteiger partial charge is 1.00 e. The quantitative estimate of drug-likeness (QED) is 0.410. The first-order chi connectivity index (χ1) is 7.73. The molecule has 0 N–H and O–H groups in total. The van der Waals surface area contributed by atoms with Crippen molar-refractivity contribution in [3.05, 3.63) is 35.4 Å². The molecular formula is C10H5F3Na2O4. The summed E-state index contributed by atoms with van der Waals surface area (Å²) in [6.45, 7) is 0. The Hall–Kier alpha value is -0.0500. The van der Waals surface area contributed by atoms with Crippen molar-refractivity contribution < 1.29 is 92.1 Å². The summed E-state index contributed by atoms with van der Waals surface area (Å²) in [5.74, 6) is -6.27. The maximum absolute atomic E-state index is 12.3. The second-order valence-electron chi connectivity index (χ2n) is 3.19. The van der Waals surface area contributed by atoms with Crippen LogP contribution in [0.1, 0.15) is 17.0 Å². The van der Waals surface area contributed by atoms with Crippen LogP contribution in [-0.2, 0) is 15.8 Å². The molecule has 0 saturated heterocycles. The van der Waals surface area contributed by atoms with Gasteiger partial charge in [0, 0.05) is 0 Å². The molecule has 1 aromatic rings. The Kier molecular flexibility index (Phi) is 9.27. The van der Waals surface area contributed by atoms with E-state index in [0.29, 0.717) is 12.1 Å². The van der Waals surface area contributed by atoms with Crippen molar-refractivity contribution in [2.75, 3.05) is 0 Å². The Bertz CT molecular complexity index is 448. The van der Waals surface area contributed by atoms with E-state index in [-0.39, 0.29) is 59.1 Å². The molecule has 0 atom stereocenters. The minimum atomic E-state index is -4.68. The van der Waals surface area contributed by atoms with Crippen LogP contribution in [0.5, 0.6) is 0 Å². The molecule has 19 heavy (non-hydrogen) atoms. The van der Waals surface area contributed by atoms with Crippen LogP contribution in [0.15, 0.2) is 24.3 Å². The third-order valence-corrected chi connectivity index (χ3v) is 2.02. The standard InChI is InChI=1S/C10H7F3O4.2Na/c11-10(12,13)6-3-1-2-5(4-6)7(8(14)15)9(16)17;;/h1-4,7H,(H,14,15)(H,16,17);;/q;2*+1/p-2. The first kappa shape index (κ1) is 21.3. The van der Waals surface area contributed by atoms with E-state index >= 15 is 0 Å². The normalized spacial score (nSPS) is 10.3. The first-order valence-corrected chi connectivity index (χ1v) is 4.32. The monoisotopic (exact) mass is 292 g/mol. The van der Waals surface area contributed by atoms with Gasteiger partial charge in [-0.3, -0.25) is 0 Å². The van der Waals surface area contributed by atoms with Gasteiger partial charge in [0.2, 0.25) is 0 Å². The van der Waals surface area contributed by atoms with E-state index in [2.05, 4.69) is 0 Å². The van der Waals surface area contributed by atoms with Crippen molar-refractivity contribution in [2.24, 2.45) is 0 Å². The van der Waals surface area contributed by atoms with Gasteiger partial charge in [-0.1, -0.05) is 18.2 Å².